The highest BCUT2D eigenvalue weighted by atomic mass is 16.5. The predicted octanol–water partition coefficient (Wildman–Crippen LogP) is 0.300. The maximum atomic E-state index is 11.9. The normalized spacial score (nSPS) is 20.2. The van der Waals surface area contributed by atoms with Crippen LogP contribution in [-0.4, -0.2) is 54.2 Å². The summed E-state index contributed by atoms with van der Waals surface area (Å²) in [5, 5.41) is 11.5. The van der Waals surface area contributed by atoms with Gasteiger partial charge in [-0.25, -0.2) is 9.59 Å². The minimum Gasteiger partial charge on any atom is -0.480 e. The van der Waals surface area contributed by atoms with Crippen molar-refractivity contribution in [2.75, 3.05) is 20.2 Å². The molecule has 7 heteroatoms. The third-order valence-electron chi connectivity index (χ3n) is 3.22. The van der Waals surface area contributed by atoms with Crippen molar-refractivity contribution in [3.8, 4) is 0 Å². The number of ether oxygens (including phenoxy) is 1. The van der Waals surface area contributed by atoms with Gasteiger partial charge in [0, 0.05) is 13.1 Å². The zero-order valence-corrected chi connectivity index (χ0v) is 11.4. The molecule has 0 aromatic heterocycles. The third-order valence-corrected chi connectivity index (χ3v) is 3.22. The smallest absolute Gasteiger partial charge is 0.326 e. The van der Waals surface area contributed by atoms with Crippen molar-refractivity contribution in [3.63, 3.8) is 0 Å². The fourth-order valence-corrected chi connectivity index (χ4v) is 2.04. The molecule has 0 saturated carbocycles. The minimum atomic E-state index is -1.06. The molecule has 0 radical (unpaired) electrons. The summed E-state index contributed by atoms with van der Waals surface area (Å²) in [6.45, 7) is 4.14. The number of aliphatic carboxylic acids is 1. The number of hydrogen-bond acceptors (Lipinski definition) is 4. The number of rotatable bonds is 4. The van der Waals surface area contributed by atoms with Crippen molar-refractivity contribution >= 4 is 18.0 Å². The average Bonchev–Trinajstić information content (AvgIpc) is 2.83. The number of esters is 1. The highest BCUT2D eigenvalue weighted by Gasteiger charge is 2.33. The van der Waals surface area contributed by atoms with Gasteiger partial charge in [0.1, 0.15) is 6.04 Å². The van der Waals surface area contributed by atoms with Gasteiger partial charge >= 0.3 is 18.0 Å². The number of nitrogens with zero attached hydrogens (tertiary/aromatic N) is 1. The Hall–Kier alpha value is -1.79. The van der Waals surface area contributed by atoms with Gasteiger partial charge in [-0.15, -0.1) is 0 Å². The number of likely N-dealkylation sites (tertiary alicyclic amines) is 1. The first-order valence-electron chi connectivity index (χ1n) is 6.22. The van der Waals surface area contributed by atoms with Crippen molar-refractivity contribution in [2.45, 2.75) is 26.3 Å². The number of carboxylic acid groups (broad SMARTS) is 1. The number of carbonyl (C=O) groups excluding carboxylic acids is 2. The second-order valence-electron chi connectivity index (χ2n) is 4.96. The van der Waals surface area contributed by atoms with Crippen LogP contribution in [0.5, 0.6) is 0 Å². The molecule has 1 heterocycles. The lowest BCUT2D eigenvalue weighted by Gasteiger charge is -2.22. The summed E-state index contributed by atoms with van der Waals surface area (Å²) in [6.07, 6.45) is 0.541. The van der Waals surface area contributed by atoms with Gasteiger partial charge in [-0.05, 0) is 12.3 Å². The Morgan fingerprint density at radius 1 is 1.37 bits per heavy atom. The van der Waals surface area contributed by atoms with Gasteiger partial charge in [-0.2, -0.15) is 0 Å². The van der Waals surface area contributed by atoms with Crippen molar-refractivity contribution in [1.82, 2.24) is 10.2 Å². The summed E-state index contributed by atoms with van der Waals surface area (Å²) in [7, 11) is 1.31. The van der Waals surface area contributed by atoms with Crippen molar-refractivity contribution in [1.29, 1.82) is 0 Å². The molecular formula is C12H20N2O5. The molecule has 1 fully saturated rings. The Morgan fingerprint density at radius 3 is 2.47 bits per heavy atom. The minimum absolute atomic E-state index is 0.208. The molecule has 0 aromatic carbocycles. The van der Waals surface area contributed by atoms with E-state index in [1.807, 2.05) is 0 Å². The molecule has 2 unspecified atom stereocenters. The van der Waals surface area contributed by atoms with E-state index >= 15 is 0 Å². The van der Waals surface area contributed by atoms with Crippen LogP contribution in [0.15, 0.2) is 0 Å². The van der Waals surface area contributed by atoms with E-state index in [1.165, 1.54) is 12.0 Å². The monoisotopic (exact) mass is 272 g/mol. The van der Waals surface area contributed by atoms with Crippen molar-refractivity contribution < 1.29 is 24.2 Å². The first kappa shape index (κ1) is 15.3. The van der Waals surface area contributed by atoms with E-state index in [1.54, 1.807) is 13.8 Å². The highest BCUT2D eigenvalue weighted by molar-refractivity contribution is 5.83. The highest BCUT2D eigenvalue weighted by Crippen LogP contribution is 2.17. The lowest BCUT2D eigenvalue weighted by Crippen LogP contribution is -2.49. The predicted molar refractivity (Wildman–Crippen MR) is 66.5 cm³/mol. The molecule has 0 spiro atoms. The largest absolute Gasteiger partial charge is 0.480 e. The third kappa shape index (κ3) is 3.84. The van der Waals surface area contributed by atoms with Gasteiger partial charge in [0.2, 0.25) is 0 Å². The second-order valence-corrected chi connectivity index (χ2v) is 4.96. The molecule has 19 heavy (non-hydrogen) atoms. The topological polar surface area (TPSA) is 95.9 Å². The van der Waals surface area contributed by atoms with Gasteiger partial charge in [0.05, 0.1) is 13.0 Å². The maximum Gasteiger partial charge on any atom is 0.326 e. The van der Waals surface area contributed by atoms with Crippen LogP contribution in [0.4, 0.5) is 4.79 Å². The summed E-state index contributed by atoms with van der Waals surface area (Å²) < 4.78 is 4.63. The summed E-state index contributed by atoms with van der Waals surface area (Å²) in [6, 6.07) is -1.38. The molecule has 0 aliphatic carbocycles. The van der Waals surface area contributed by atoms with E-state index in [4.69, 9.17) is 5.11 Å². The van der Waals surface area contributed by atoms with E-state index in [0.717, 1.165) is 0 Å². The summed E-state index contributed by atoms with van der Waals surface area (Å²) in [5.74, 6) is -1.93. The zero-order chi connectivity index (χ0) is 14.6. The average molecular weight is 272 g/mol. The lowest BCUT2D eigenvalue weighted by molar-refractivity contribution is -0.145. The van der Waals surface area contributed by atoms with E-state index in [2.05, 4.69) is 10.1 Å². The quantitative estimate of drug-likeness (QED) is 0.718. The summed E-state index contributed by atoms with van der Waals surface area (Å²) >= 11 is 0. The molecule has 2 N–H and O–H groups in total. The number of methoxy groups -OCH3 is 1. The van der Waals surface area contributed by atoms with Gasteiger partial charge in [-0.3, -0.25) is 4.79 Å². The zero-order valence-electron chi connectivity index (χ0n) is 11.4. The fraction of sp³-hybridized carbons (Fsp3) is 0.750. The molecule has 2 atom stereocenters. The summed E-state index contributed by atoms with van der Waals surface area (Å²) in [5.41, 5.74) is 0. The Morgan fingerprint density at radius 2 is 2.00 bits per heavy atom. The summed E-state index contributed by atoms with van der Waals surface area (Å²) in [4.78, 5) is 35.7. The number of nitrogens with one attached hydrogen (secondary N) is 1. The molecule has 2 amide bonds. The van der Waals surface area contributed by atoms with Gasteiger partial charge in [0.15, 0.2) is 0 Å². The van der Waals surface area contributed by atoms with Crippen LogP contribution < -0.4 is 5.32 Å². The Bertz CT molecular complexity index is 369. The maximum absolute atomic E-state index is 11.9. The second kappa shape index (κ2) is 6.40. The van der Waals surface area contributed by atoms with E-state index < -0.39 is 18.0 Å². The lowest BCUT2D eigenvalue weighted by atomic mass is 10.1. The number of amides is 2. The van der Waals surface area contributed by atoms with Gasteiger partial charge < -0.3 is 20.1 Å². The molecule has 1 saturated heterocycles. The van der Waals surface area contributed by atoms with Crippen molar-refractivity contribution in [2.24, 2.45) is 11.8 Å². The molecule has 0 aromatic rings. The molecule has 108 valence electrons. The number of carboxylic acids is 1. The Labute approximate surface area is 111 Å². The van der Waals surface area contributed by atoms with E-state index in [-0.39, 0.29) is 24.3 Å². The van der Waals surface area contributed by atoms with Gasteiger partial charge in [-0.1, -0.05) is 13.8 Å². The molecule has 1 aliphatic heterocycles. The van der Waals surface area contributed by atoms with Crippen molar-refractivity contribution in [3.05, 3.63) is 0 Å². The Kier molecular flexibility index (Phi) is 5.14. The SMILES string of the molecule is COC(=O)C1CCN(C(=O)NC(C(=O)O)C(C)C)C1. The van der Waals surface area contributed by atoms with Crippen LogP contribution in [0.25, 0.3) is 0 Å². The number of urea groups is 1. The fourth-order valence-electron chi connectivity index (χ4n) is 2.04. The van der Waals surface area contributed by atoms with Crippen LogP contribution in [0.2, 0.25) is 0 Å². The first-order valence-corrected chi connectivity index (χ1v) is 6.22. The first-order chi connectivity index (χ1) is 8.86. The van der Waals surface area contributed by atoms with Crippen LogP contribution in [0.1, 0.15) is 20.3 Å². The van der Waals surface area contributed by atoms with Gasteiger partial charge in [0.25, 0.3) is 0 Å². The van der Waals surface area contributed by atoms with Crippen LogP contribution >= 0.6 is 0 Å². The molecule has 1 aliphatic rings. The standard InChI is InChI=1S/C12H20N2O5/c1-7(2)9(10(15)16)13-12(18)14-5-4-8(6-14)11(17)19-3/h7-9H,4-6H2,1-3H3,(H,13,18)(H,15,16). The van der Waals surface area contributed by atoms with E-state index in [9.17, 15) is 14.4 Å². The van der Waals surface area contributed by atoms with E-state index in [0.29, 0.717) is 13.0 Å². The molecule has 7 nitrogen and oxygen atoms in total. The molecule has 0 bridgehead atoms. The number of hydrogen-bond donors (Lipinski definition) is 2. The van der Waals surface area contributed by atoms with Crippen LogP contribution in [0, 0.1) is 11.8 Å². The number of carbonyl (C=O) groups is 3. The van der Waals surface area contributed by atoms with Crippen LogP contribution in [0.3, 0.4) is 0 Å². The molecule has 1 rings (SSSR count). The molecular weight excluding hydrogens is 252 g/mol. The Balaban J connectivity index is 2.56. The van der Waals surface area contributed by atoms with Crippen LogP contribution in [-0.2, 0) is 14.3 Å².